The summed E-state index contributed by atoms with van der Waals surface area (Å²) in [5.74, 6) is 0.364. The van der Waals surface area contributed by atoms with Crippen LogP contribution < -0.4 is 0 Å². The van der Waals surface area contributed by atoms with Crippen LogP contribution >= 0.6 is 0 Å². The second-order valence-electron chi connectivity index (χ2n) is 12.1. The van der Waals surface area contributed by atoms with Gasteiger partial charge in [-0.25, -0.2) is 0 Å². The predicted molar refractivity (Wildman–Crippen MR) is 128 cm³/mol. The Hall–Kier alpha value is -1.68. The Balaban J connectivity index is 1.56. The van der Waals surface area contributed by atoms with Crippen LogP contribution in [0.4, 0.5) is 0 Å². The van der Waals surface area contributed by atoms with Crippen LogP contribution in [0.1, 0.15) is 53.4 Å². The molecule has 5 rings (SSSR count). The van der Waals surface area contributed by atoms with Crippen molar-refractivity contribution in [2.24, 2.45) is 45.8 Å². The molecular formula is C28H40N2O4. The first-order valence-corrected chi connectivity index (χ1v) is 13.1. The van der Waals surface area contributed by atoms with Crippen molar-refractivity contribution < 1.29 is 19.4 Å². The largest absolute Gasteiger partial charge is 0.481 e. The van der Waals surface area contributed by atoms with Crippen molar-refractivity contribution >= 4 is 5.97 Å². The molecule has 3 saturated carbocycles. The summed E-state index contributed by atoms with van der Waals surface area (Å²) in [5.41, 5.74) is -1.67. The average molecular weight is 469 g/mol. The summed E-state index contributed by atoms with van der Waals surface area (Å²) >= 11 is 0. The van der Waals surface area contributed by atoms with Gasteiger partial charge in [0.2, 0.25) is 0 Å². The molecule has 4 bridgehead atoms. The van der Waals surface area contributed by atoms with Crippen LogP contribution in [0.3, 0.4) is 0 Å². The van der Waals surface area contributed by atoms with E-state index >= 15 is 0 Å². The molecule has 0 spiro atoms. The van der Waals surface area contributed by atoms with Gasteiger partial charge in [-0.15, -0.1) is 6.58 Å². The first kappa shape index (κ1) is 24.0. The minimum Gasteiger partial charge on any atom is -0.481 e. The van der Waals surface area contributed by atoms with E-state index in [0.717, 1.165) is 37.9 Å². The maximum Gasteiger partial charge on any atom is 0.316 e. The Morgan fingerprint density at radius 1 is 1.38 bits per heavy atom. The van der Waals surface area contributed by atoms with Crippen molar-refractivity contribution in [3.8, 4) is 6.07 Å². The van der Waals surface area contributed by atoms with E-state index in [9.17, 15) is 15.2 Å². The van der Waals surface area contributed by atoms with Gasteiger partial charge in [0.15, 0.2) is 6.29 Å². The van der Waals surface area contributed by atoms with Crippen molar-refractivity contribution in [1.29, 1.82) is 5.26 Å². The van der Waals surface area contributed by atoms with Gasteiger partial charge in [-0.1, -0.05) is 44.9 Å². The van der Waals surface area contributed by atoms with E-state index in [1.165, 1.54) is 0 Å². The number of carboxylic acid groups (broad SMARTS) is 1. The molecule has 4 fully saturated rings. The highest BCUT2D eigenvalue weighted by atomic mass is 16.7. The second kappa shape index (κ2) is 8.18. The third kappa shape index (κ3) is 2.87. The Morgan fingerprint density at radius 2 is 2.15 bits per heavy atom. The highest BCUT2D eigenvalue weighted by Gasteiger charge is 2.84. The molecule has 0 aromatic heterocycles. The maximum atomic E-state index is 13.5. The number of aliphatic carboxylic acids is 1. The van der Waals surface area contributed by atoms with E-state index < -0.39 is 28.5 Å². The predicted octanol–water partition coefficient (Wildman–Crippen LogP) is 4.49. The van der Waals surface area contributed by atoms with Gasteiger partial charge in [0.1, 0.15) is 5.41 Å². The molecule has 6 heteroatoms. The van der Waals surface area contributed by atoms with Crippen molar-refractivity contribution in [3.05, 3.63) is 24.3 Å². The minimum absolute atomic E-state index is 0.0399. The van der Waals surface area contributed by atoms with Crippen LogP contribution in [-0.2, 0) is 14.3 Å². The summed E-state index contributed by atoms with van der Waals surface area (Å²) in [6, 6.07) is 2.71. The summed E-state index contributed by atoms with van der Waals surface area (Å²) in [6.07, 6.45) is 7.28. The van der Waals surface area contributed by atoms with E-state index in [1.807, 2.05) is 13.0 Å². The SMILES string of the molecule is C=CCN1C[C@H](OCC23C[C@@H]4[C@H](C)CC[C@H]4[C@@]4(C#N)C[C@@H]2C=C(C(C)C)[C@@]34C(=O)O)O[C@H](C)C1. The Morgan fingerprint density at radius 3 is 2.79 bits per heavy atom. The zero-order chi connectivity index (χ0) is 24.5. The molecule has 1 heterocycles. The minimum atomic E-state index is -1.18. The molecule has 0 aromatic rings. The molecule has 0 amide bonds. The van der Waals surface area contributed by atoms with Crippen LogP contribution in [0.15, 0.2) is 24.3 Å². The van der Waals surface area contributed by atoms with E-state index in [4.69, 9.17) is 9.47 Å². The zero-order valence-corrected chi connectivity index (χ0v) is 21.1. The number of fused-ring (bicyclic) bond motifs is 2. The Labute approximate surface area is 204 Å². The van der Waals surface area contributed by atoms with Gasteiger partial charge in [0.05, 0.1) is 24.2 Å². The molecule has 6 nitrogen and oxygen atoms in total. The van der Waals surface area contributed by atoms with Gasteiger partial charge in [-0.2, -0.15) is 5.26 Å². The van der Waals surface area contributed by atoms with Gasteiger partial charge >= 0.3 is 5.97 Å². The van der Waals surface area contributed by atoms with E-state index in [2.05, 4.69) is 44.4 Å². The van der Waals surface area contributed by atoms with Gasteiger partial charge in [-0.05, 0) is 55.8 Å². The van der Waals surface area contributed by atoms with E-state index in [-0.39, 0.29) is 23.9 Å². The average Bonchev–Trinajstić information content (AvgIpc) is 3.35. The van der Waals surface area contributed by atoms with Crippen LogP contribution in [0.5, 0.6) is 0 Å². The topological polar surface area (TPSA) is 82.8 Å². The second-order valence-corrected chi connectivity index (χ2v) is 12.1. The number of hydrogen-bond acceptors (Lipinski definition) is 5. The first-order valence-electron chi connectivity index (χ1n) is 13.1. The number of rotatable bonds is 7. The number of allylic oxidation sites excluding steroid dienone is 1. The molecule has 0 aromatic carbocycles. The first-order chi connectivity index (χ1) is 16.2. The highest BCUT2D eigenvalue weighted by molar-refractivity contribution is 5.85. The number of carboxylic acids is 1. The standard InChI is InChI=1S/C28H40N2O4/c1-6-9-30-13-19(5)34-24(14-30)33-16-27-12-21-18(4)7-8-22(21)26(15-29)11-20(27)10-23(17(2)3)28(26,27)25(31)32/h6,10,17-22,24H,1,7-9,11-14,16H2,2-5H3,(H,31,32)/t18-,19-,20+,21-,22-,24-,26+,27?,28+/m1/s1. The van der Waals surface area contributed by atoms with Gasteiger partial charge in [-0.3, -0.25) is 9.69 Å². The highest BCUT2D eigenvalue weighted by Crippen LogP contribution is 2.83. The number of nitriles is 1. The quantitative estimate of drug-likeness (QED) is 0.555. The molecule has 34 heavy (non-hydrogen) atoms. The third-order valence-electron chi connectivity index (χ3n) is 10.3. The van der Waals surface area contributed by atoms with E-state index in [0.29, 0.717) is 31.4 Å². The van der Waals surface area contributed by atoms with Crippen LogP contribution in [0.2, 0.25) is 0 Å². The van der Waals surface area contributed by atoms with E-state index in [1.54, 1.807) is 0 Å². The summed E-state index contributed by atoms with van der Waals surface area (Å²) in [5, 5.41) is 21.8. The lowest BCUT2D eigenvalue weighted by Gasteiger charge is -2.57. The fourth-order valence-electron chi connectivity index (χ4n) is 9.20. The molecule has 186 valence electrons. The fraction of sp³-hybridized carbons (Fsp3) is 0.786. The van der Waals surface area contributed by atoms with Crippen LogP contribution in [0.25, 0.3) is 0 Å². The zero-order valence-electron chi connectivity index (χ0n) is 21.1. The molecule has 1 saturated heterocycles. The molecule has 5 aliphatic rings. The smallest absolute Gasteiger partial charge is 0.316 e. The van der Waals surface area contributed by atoms with Crippen molar-refractivity contribution in [2.75, 3.05) is 26.2 Å². The van der Waals surface area contributed by atoms with Gasteiger partial charge < -0.3 is 14.6 Å². The summed E-state index contributed by atoms with van der Waals surface area (Å²) in [6.45, 7) is 15.0. The molecule has 1 N–H and O–H groups in total. The summed E-state index contributed by atoms with van der Waals surface area (Å²) in [4.78, 5) is 15.8. The van der Waals surface area contributed by atoms with Crippen molar-refractivity contribution in [1.82, 2.24) is 4.90 Å². The summed E-state index contributed by atoms with van der Waals surface area (Å²) < 4.78 is 12.7. The number of ether oxygens (including phenoxy) is 2. The third-order valence-corrected chi connectivity index (χ3v) is 10.3. The maximum absolute atomic E-state index is 13.5. The monoisotopic (exact) mass is 468 g/mol. The van der Waals surface area contributed by atoms with Crippen molar-refractivity contribution in [2.45, 2.75) is 65.8 Å². The lowest BCUT2D eigenvalue weighted by atomic mass is 9.43. The summed E-state index contributed by atoms with van der Waals surface area (Å²) in [7, 11) is 0. The lowest BCUT2D eigenvalue weighted by Crippen LogP contribution is -2.63. The van der Waals surface area contributed by atoms with Gasteiger partial charge in [0.25, 0.3) is 0 Å². The molecule has 1 aliphatic heterocycles. The molecule has 1 unspecified atom stereocenters. The molecular weight excluding hydrogens is 428 g/mol. The molecule has 0 radical (unpaired) electrons. The number of morpholine rings is 1. The van der Waals surface area contributed by atoms with Gasteiger partial charge in [0, 0.05) is 25.0 Å². The van der Waals surface area contributed by atoms with Crippen LogP contribution in [-0.4, -0.2) is 54.6 Å². The number of hydrogen-bond donors (Lipinski definition) is 1. The molecule has 4 aliphatic carbocycles. The fourth-order valence-corrected chi connectivity index (χ4v) is 9.20. The van der Waals surface area contributed by atoms with Crippen molar-refractivity contribution in [3.63, 3.8) is 0 Å². The molecule has 9 atom stereocenters. The lowest BCUT2D eigenvalue weighted by molar-refractivity contribution is -0.234. The Kier molecular flexibility index (Phi) is 5.78. The number of carbonyl (C=O) groups is 1. The Bertz CT molecular complexity index is 939. The number of nitrogens with zero attached hydrogens (tertiary/aromatic N) is 2. The van der Waals surface area contributed by atoms with Crippen LogP contribution in [0, 0.1) is 57.2 Å². The normalized spacial score (nSPS) is 47.4.